The van der Waals surface area contributed by atoms with E-state index in [1.54, 1.807) is 13.0 Å². The van der Waals surface area contributed by atoms with Crippen LogP contribution in [0, 0.1) is 6.92 Å². The van der Waals surface area contributed by atoms with Gasteiger partial charge in [-0.25, -0.2) is 4.98 Å². The van der Waals surface area contributed by atoms with E-state index in [-0.39, 0.29) is 11.7 Å². The fourth-order valence-electron chi connectivity index (χ4n) is 2.12. The molecule has 0 aliphatic carbocycles. The molecule has 1 aromatic carbocycles. The van der Waals surface area contributed by atoms with Crippen LogP contribution in [-0.4, -0.2) is 16.0 Å². The number of hydrogen-bond donors (Lipinski definition) is 1. The smallest absolute Gasteiger partial charge is 0.296 e. The quantitative estimate of drug-likeness (QED) is 0.794. The Balaban J connectivity index is 1.91. The number of aromatic nitrogens is 2. The fraction of sp³-hybridized carbons (Fsp3) is 0.267. The Morgan fingerprint density at radius 3 is 2.86 bits per heavy atom. The maximum atomic E-state index is 12.0. The molecule has 2 heterocycles. The minimum Gasteiger partial charge on any atom is -0.351 e. The van der Waals surface area contributed by atoms with E-state index < -0.39 is 0 Å². The van der Waals surface area contributed by atoms with Crippen molar-refractivity contribution in [2.75, 3.05) is 5.32 Å². The van der Waals surface area contributed by atoms with Crippen LogP contribution in [0.2, 0.25) is 0 Å². The van der Waals surface area contributed by atoms with Crippen molar-refractivity contribution < 1.29 is 9.32 Å². The number of benzene rings is 1. The molecule has 0 aliphatic heterocycles. The number of thiazole rings is 1. The Labute approximate surface area is 126 Å². The molecule has 108 valence electrons. The molecule has 2 aromatic heterocycles. The van der Waals surface area contributed by atoms with Gasteiger partial charge < -0.3 is 4.52 Å². The highest BCUT2D eigenvalue weighted by molar-refractivity contribution is 7.22. The summed E-state index contributed by atoms with van der Waals surface area (Å²) in [5.41, 5.74) is 2.80. The molecule has 0 saturated heterocycles. The zero-order valence-corrected chi connectivity index (χ0v) is 12.8. The van der Waals surface area contributed by atoms with Crippen molar-refractivity contribution in [3.05, 3.63) is 41.3 Å². The zero-order chi connectivity index (χ0) is 15.0. The molecule has 0 saturated carbocycles. The Morgan fingerprint density at radius 2 is 2.19 bits per heavy atom. The van der Waals surface area contributed by atoms with Gasteiger partial charge in [0.15, 0.2) is 5.13 Å². The number of aryl methyl sites for hydroxylation is 1. The van der Waals surface area contributed by atoms with Gasteiger partial charge in [0, 0.05) is 6.07 Å². The Bertz CT molecular complexity index is 804. The summed E-state index contributed by atoms with van der Waals surface area (Å²) in [6.07, 6.45) is 0. The number of rotatable bonds is 3. The molecule has 3 rings (SSSR count). The molecular weight excluding hydrogens is 286 g/mol. The summed E-state index contributed by atoms with van der Waals surface area (Å²) in [4.78, 5) is 16.6. The van der Waals surface area contributed by atoms with Crippen LogP contribution >= 0.6 is 11.3 Å². The van der Waals surface area contributed by atoms with Crippen LogP contribution in [0.15, 0.2) is 28.8 Å². The van der Waals surface area contributed by atoms with E-state index in [2.05, 4.69) is 35.4 Å². The number of nitrogens with one attached hydrogen (secondary N) is 1. The molecule has 1 N–H and O–H groups in total. The van der Waals surface area contributed by atoms with Gasteiger partial charge in [-0.2, -0.15) is 0 Å². The number of hydrogen-bond acceptors (Lipinski definition) is 5. The average molecular weight is 301 g/mol. The minimum atomic E-state index is -0.333. The van der Waals surface area contributed by atoms with Gasteiger partial charge in [-0.05, 0) is 24.5 Å². The van der Waals surface area contributed by atoms with E-state index in [1.807, 2.05) is 12.1 Å². The second-order valence-electron chi connectivity index (χ2n) is 5.15. The molecule has 0 aliphatic rings. The number of nitrogens with zero attached hydrogens (tertiary/aromatic N) is 2. The lowest BCUT2D eigenvalue weighted by atomic mass is 10.0. The van der Waals surface area contributed by atoms with Gasteiger partial charge in [0.25, 0.3) is 5.91 Å². The Morgan fingerprint density at radius 1 is 1.38 bits per heavy atom. The van der Waals surface area contributed by atoms with Crippen LogP contribution in [0.4, 0.5) is 5.13 Å². The van der Waals surface area contributed by atoms with Crippen molar-refractivity contribution in [1.29, 1.82) is 0 Å². The van der Waals surface area contributed by atoms with Gasteiger partial charge in [0.1, 0.15) is 0 Å². The van der Waals surface area contributed by atoms with Crippen LogP contribution in [0.5, 0.6) is 0 Å². The first-order valence-electron chi connectivity index (χ1n) is 6.68. The lowest BCUT2D eigenvalue weighted by Crippen LogP contribution is -2.10. The zero-order valence-electron chi connectivity index (χ0n) is 12.0. The van der Waals surface area contributed by atoms with E-state index in [0.29, 0.717) is 16.7 Å². The summed E-state index contributed by atoms with van der Waals surface area (Å²) >= 11 is 1.45. The molecule has 6 heteroatoms. The van der Waals surface area contributed by atoms with E-state index in [4.69, 9.17) is 4.52 Å². The molecule has 0 bridgehead atoms. The first kappa shape index (κ1) is 13.8. The highest BCUT2D eigenvalue weighted by atomic mass is 32.1. The van der Waals surface area contributed by atoms with Gasteiger partial charge in [-0.3, -0.25) is 10.1 Å². The van der Waals surface area contributed by atoms with Crippen LogP contribution in [-0.2, 0) is 0 Å². The van der Waals surface area contributed by atoms with Crippen molar-refractivity contribution in [3.63, 3.8) is 0 Å². The van der Waals surface area contributed by atoms with E-state index >= 15 is 0 Å². The Hall–Kier alpha value is -2.21. The summed E-state index contributed by atoms with van der Waals surface area (Å²) in [6, 6.07) is 7.69. The minimum absolute atomic E-state index is 0.191. The van der Waals surface area contributed by atoms with Crippen molar-refractivity contribution in [3.8, 4) is 0 Å². The molecule has 0 fully saturated rings. The lowest BCUT2D eigenvalue weighted by molar-refractivity contribution is 0.0988. The van der Waals surface area contributed by atoms with Crippen molar-refractivity contribution in [2.45, 2.75) is 26.7 Å². The van der Waals surface area contributed by atoms with Crippen molar-refractivity contribution in [2.24, 2.45) is 0 Å². The summed E-state index contributed by atoms with van der Waals surface area (Å²) in [7, 11) is 0. The number of para-hydroxylation sites is 1. The predicted molar refractivity (Wildman–Crippen MR) is 82.9 cm³/mol. The molecule has 1 amide bonds. The molecule has 5 nitrogen and oxygen atoms in total. The van der Waals surface area contributed by atoms with Crippen LogP contribution in [0.3, 0.4) is 0 Å². The lowest BCUT2D eigenvalue weighted by Gasteiger charge is -2.04. The topological polar surface area (TPSA) is 68.0 Å². The Kier molecular flexibility index (Phi) is 3.47. The second-order valence-corrected chi connectivity index (χ2v) is 6.19. The average Bonchev–Trinajstić information content (AvgIpc) is 3.03. The fourth-order valence-corrected chi connectivity index (χ4v) is 3.01. The van der Waals surface area contributed by atoms with E-state index in [9.17, 15) is 4.79 Å². The SMILES string of the molecule is Cc1cc(C(=O)Nc2nc3c(C(C)C)cccc3s2)on1. The first-order chi connectivity index (χ1) is 10.0. The molecule has 21 heavy (non-hydrogen) atoms. The summed E-state index contributed by atoms with van der Waals surface area (Å²) < 4.78 is 6.01. The first-order valence-corrected chi connectivity index (χ1v) is 7.50. The van der Waals surface area contributed by atoms with Crippen molar-refractivity contribution >= 4 is 32.6 Å². The molecule has 0 radical (unpaired) electrons. The number of amides is 1. The highest BCUT2D eigenvalue weighted by Crippen LogP contribution is 2.31. The summed E-state index contributed by atoms with van der Waals surface area (Å²) in [5.74, 6) is 0.243. The van der Waals surface area contributed by atoms with Gasteiger partial charge in [-0.15, -0.1) is 0 Å². The predicted octanol–water partition coefficient (Wildman–Crippen LogP) is 3.97. The molecular formula is C15H15N3O2S. The largest absolute Gasteiger partial charge is 0.351 e. The third-order valence-corrected chi connectivity index (χ3v) is 4.08. The van der Waals surface area contributed by atoms with Gasteiger partial charge in [0.2, 0.25) is 5.76 Å². The summed E-state index contributed by atoms with van der Waals surface area (Å²) in [6.45, 7) is 6.03. The standard InChI is InChI=1S/C15H15N3O2S/c1-8(2)10-5-4-6-12-13(10)16-15(21-12)17-14(19)11-7-9(3)18-20-11/h4-8H,1-3H3,(H,16,17,19). The third kappa shape index (κ3) is 2.67. The van der Waals surface area contributed by atoms with E-state index in [0.717, 1.165) is 10.2 Å². The number of anilines is 1. The van der Waals surface area contributed by atoms with E-state index in [1.165, 1.54) is 16.9 Å². The molecule has 0 unspecified atom stereocenters. The molecule has 0 atom stereocenters. The normalized spacial score (nSPS) is 11.2. The monoisotopic (exact) mass is 301 g/mol. The maximum absolute atomic E-state index is 12.0. The van der Waals surface area contributed by atoms with Crippen LogP contribution in [0.1, 0.15) is 41.6 Å². The van der Waals surface area contributed by atoms with Crippen LogP contribution < -0.4 is 5.32 Å². The highest BCUT2D eigenvalue weighted by Gasteiger charge is 2.15. The molecule has 0 spiro atoms. The number of carbonyl (C=O) groups excluding carboxylic acids is 1. The molecule has 3 aromatic rings. The second kappa shape index (κ2) is 5.29. The van der Waals surface area contributed by atoms with Gasteiger partial charge in [0.05, 0.1) is 15.9 Å². The maximum Gasteiger partial charge on any atom is 0.296 e. The van der Waals surface area contributed by atoms with Crippen molar-refractivity contribution in [1.82, 2.24) is 10.1 Å². The van der Waals surface area contributed by atoms with Crippen LogP contribution in [0.25, 0.3) is 10.2 Å². The number of fused-ring (bicyclic) bond motifs is 1. The third-order valence-electron chi connectivity index (χ3n) is 3.14. The number of carbonyl (C=O) groups is 1. The van der Waals surface area contributed by atoms with Gasteiger partial charge in [-0.1, -0.05) is 42.5 Å². The summed E-state index contributed by atoms with van der Waals surface area (Å²) in [5, 5.41) is 7.04. The van der Waals surface area contributed by atoms with Gasteiger partial charge >= 0.3 is 0 Å².